The second kappa shape index (κ2) is 4.97. The summed E-state index contributed by atoms with van der Waals surface area (Å²) >= 11 is 0. The van der Waals surface area contributed by atoms with Gasteiger partial charge < -0.3 is 15.0 Å². The lowest BCUT2D eigenvalue weighted by atomic mass is 10.1. The predicted molar refractivity (Wildman–Crippen MR) is 64.5 cm³/mol. The molecule has 0 spiro atoms. The number of nitrogens with zero attached hydrogens (tertiary/aromatic N) is 2. The summed E-state index contributed by atoms with van der Waals surface area (Å²) < 4.78 is 10.2. The van der Waals surface area contributed by atoms with Crippen LogP contribution in [0.4, 0.5) is 5.69 Å². The molecule has 0 bridgehead atoms. The number of aryl methyl sites for hydroxylation is 1. The molecule has 0 aliphatic carbocycles. The summed E-state index contributed by atoms with van der Waals surface area (Å²) in [5.41, 5.74) is 8.36. The minimum absolute atomic E-state index is 0.501. The van der Waals surface area contributed by atoms with E-state index in [4.69, 9.17) is 15.0 Å². The molecule has 0 saturated heterocycles. The number of nitrogen functional groups attached to an aromatic ring is 1. The number of nitrogens with two attached hydrogens (primary N) is 1. The van der Waals surface area contributed by atoms with Crippen molar-refractivity contribution in [2.24, 2.45) is 0 Å². The predicted octanol–water partition coefficient (Wildman–Crippen LogP) is 1.82. The van der Waals surface area contributed by atoms with Gasteiger partial charge in [0.05, 0.1) is 6.61 Å². The molecule has 0 unspecified atom stereocenters. The lowest BCUT2D eigenvalue weighted by Crippen LogP contribution is -1.96. The van der Waals surface area contributed by atoms with E-state index < -0.39 is 0 Å². The average molecular weight is 233 g/mol. The Morgan fingerprint density at radius 2 is 2.24 bits per heavy atom. The molecule has 5 heteroatoms. The summed E-state index contributed by atoms with van der Waals surface area (Å²) in [7, 11) is 1.64. The standard InChI is InChI=1S/C12H15N3O2/c1-8-3-4-9(13)7-10(8)12-14-11(15-17-12)5-6-16-2/h3-4,7H,5-6,13H2,1-2H3. The first kappa shape index (κ1) is 11.6. The van der Waals surface area contributed by atoms with Crippen LogP contribution in [0, 0.1) is 6.92 Å². The van der Waals surface area contributed by atoms with Crippen LogP contribution >= 0.6 is 0 Å². The molecule has 0 saturated carbocycles. The number of anilines is 1. The van der Waals surface area contributed by atoms with E-state index in [1.165, 1.54) is 0 Å². The second-order valence-corrected chi connectivity index (χ2v) is 3.83. The summed E-state index contributed by atoms with van der Waals surface area (Å²) in [5, 5.41) is 3.89. The molecule has 2 N–H and O–H groups in total. The molecule has 90 valence electrons. The molecule has 1 aromatic heterocycles. The van der Waals surface area contributed by atoms with Gasteiger partial charge in [-0.25, -0.2) is 0 Å². The minimum Gasteiger partial charge on any atom is -0.399 e. The molecule has 2 rings (SSSR count). The van der Waals surface area contributed by atoms with Gasteiger partial charge in [-0.15, -0.1) is 0 Å². The molecular weight excluding hydrogens is 218 g/mol. The molecule has 0 amide bonds. The van der Waals surface area contributed by atoms with Gasteiger partial charge in [-0.05, 0) is 24.6 Å². The van der Waals surface area contributed by atoms with Crippen molar-refractivity contribution in [2.75, 3.05) is 19.5 Å². The SMILES string of the molecule is COCCc1noc(-c2cc(N)ccc2C)n1. The normalized spacial score (nSPS) is 10.7. The van der Waals surface area contributed by atoms with Crippen LogP contribution in [0.2, 0.25) is 0 Å². The Hall–Kier alpha value is -1.88. The zero-order valence-electron chi connectivity index (χ0n) is 9.93. The van der Waals surface area contributed by atoms with Crippen molar-refractivity contribution in [2.45, 2.75) is 13.3 Å². The number of hydrogen-bond acceptors (Lipinski definition) is 5. The van der Waals surface area contributed by atoms with Gasteiger partial charge in [0.2, 0.25) is 0 Å². The van der Waals surface area contributed by atoms with Gasteiger partial charge in [0.15, 0.2) is 5.82 Å². The summed E-state index contributed by atoms with van der Waals surface area (Å²) in [6.07, 6.45) is 0.640. The third kappa shape index (κ3) is 2.62. The van der Waals surface area contributed by atoms with Crippen LogP contribution in [0.25, 0.3) is 11.5 Å². The zero-order chi connectivity index (χ0) is 12.3. The Bertz CT molecular complexity index is 508. The van der Waals surface area contributed by atoms with Gasteiger partial charge in [0.25, 0.3) is 5.89 Å². The zero-order valence-corrected chi connectivity index (χ0v) is 9.93. The third-order valence-corrected chi connectivity index (χ3v) is 2.49. The van der Waals surface area contributed by atoms with Crippen molar-refractivity contribution < 1.29 is 9.26 Å². The Balaban J connectivity index is 2.27. The quantitative estimate of drug-likeness (QED) is 0.815. The lowest BCUT2D eigenvalue weighted by Gasteiger charge is -2.01. The fraction of sp³-hybridized carbons (Fsp3) is 0.333. The van der Waals surface area contributed by atoms with Gasteiger partial charge in [0.1, 0.15) is 0 Å². The van der Waals surface area contributed by atoms with Gasteiger partial charge in [-0.1, -0.05) is 11.2 Å². The van der Waals surface area contributed by atoms with Crippen LogP contribution in [0.15, 0.2) is 22.7 Å². The van der Waals surface area contributed by atoms with Crippen molar-refractivity contribution in [3.63, 3.8) is 0 Å². The smallest absolute Gasteiger partial charge is 0.258 e. The van der Waals surface area contributed by atoms with Crippen molar-refractivity contribution in [1.82, 2.24) is 10.1 Å². The maximum absolute atomic E-state index is 5.74. The Kier molecular flexibility index (Phi) is 3.39. The maximum Gasteiger partial charge on any atom is 0.258 e. The molecule has 0 aliphatic heterocycles. The number of aromatic nitrogens is 2. The number of methoxy groups -OCH3 is 1. The van der Waals surface area contributed by atoms with Crippen LogP contribution < -0.4 is 5.73 Å². The summed E-state index contributed by atoms with van der Waals surface area (Å²) in [6, 6.07) is 5.62. The molecule has 17 heavy (non-hydrogen) atoms. The number of benzene rings is 1. The molecule has 0 atom stereocenters. The molecule has 1 aromatic carbocycles. The monoisotopic (exact) mass is 233 g/mol. The third-order valence-electron chi connectivity index (χ3n) is 2.49. The van der Waals surface area contributed by atoms with Crippen LogP contribution in [-0.4, -0.2) is 23.9 Å². The van der Waals surface area contributed by atoms with E-state index in [0.717, 1.165) is 11.1 Å². The fourth-order valence-electron chi connectivity index (χ4n) is 1.53. The number of hydrogen-bond donors (Lipinski definition) is 1. The molecular formula is C12H15N3O2. The molecule has 2 aromatic rings. The van der Waals surface area contributed by atoms with Crippen LogP contribution in [0.1, 0.15) is 11.4 Å². The van der Waals surface area contributed by atoms with Crippen molar-refractivity contribution in [3.8, 4) is 11.5 Å². The van der Waals surface area contributed by atoms with Crippen LogP contribution in [0.5, 0.6) is 0 Å². The maximum atomic E-state index is 5.74. The highest BCUT2D eigenvalue weighted by atomic mass is 16.5. The molecule has 1 heterocycles. The largest absolute Gasteiger partial charge is 0.399 e. The Morgan fingerprint density at radius 3 is 3.00 bits per heavy atom. The second-order valence-electron chi connectivity index (χ2n) is 3.83. The highest BCUT2D eigenvalue weighted by Gasteiger charge is 2.11. The van der Waals surface area contributed by atoms with Gasteiger partial charge in [0, 0.05) is 24.8 Å². The highest BCUT2D eigenvalue weighted by Crippen LogP contribution is 2.23. The van der Waals surface area contributed by atoms with Crippen LogP contribution in [-0.2, 0) is 11.2 Å². The molecule has 0 fully saturated rings. The number of ether oxygens (including phenoxy) is 1. The highest BCUT2D eigenvalue weighted by molar-refractivity contribution is 5.63. The molecule has 5 nitrogen and oxygen atoms in total. The van der Waals surface area contributed by atoms with Gasteiger partial charge in [-0.2, -0.15) is 4.98 Å². The van der Waals surface area contributed by atoms with Gasteiger partial charge in [-0.3, -0.25) is 0 Å². The van der Waals surface area contributed by atoms with Crippen molar-refractivity contribution in [3.05, 3.63) is 29.6 Å². The van der Waals surface area contributed by atoms with Crippen molar-refractivity contribution >= 4 is 5.69 Å². The van der Waals surface area contributed by atoms with E-state index in [9.17, 15) is 0 Å². The minimum atomic E-state index is 0.501. The summed E-state index contributed by atoms with van der Waals surface area (Å²) in [6.45, 7) is 2.56. The number of rotatable bonds is 4. The van der Waals surface area contributed by atoms with E-state index in [1.807, 2.05) is 25.1 Å². The summed E-state index contributed by atoms with van der Waals surface area (Å²) in [5.74, 6) is 1.14. The van der Waals surface area contributed by atoms with E-state index in [2.05, 4.69) is 10.1 Å². The topological polar surface area (TPSA) is 74.2 Å². The van der Waals surface area contributed by atoms with Crippen molar-refractivity contribution in [1.29, 1.82) is 0 Å². The van der Waals surface area contributed by atoms with Crippen LogP contribution in [0.3, 0.4) is 0 Å². The first-order valence-electron chi connectivity index (χ1n) is 5.38. The molecule has 0 radical (unpaired) electrons. The van der Waals surface area contributed by atoms with Gasteiger partial charge >= 0.3 is 0 Å². The molecule has 0 aliphatic rings. The van der Waals surface area contributed by atoms with E-state index in [1.54, 1.807) is 7.11 Å². The lowest BCUT2D eigenvalue weighted by molar-refractivity contribution is 0.199. The fourth-order valence-corrected chi connectivity index (χ4v) is 1.53. The Morgan fingerprint density at radius 1 is 1.41 bits per heavy atom. The first-order valence-corrected chi connectivity index (χ1v) is 5.38. The average Bonchev–Trinajstić information content (AvgIpc) is 2.78. The van der Waals surface area contributed by atoms with E-state index in [-0.39, 0.29) is 0 Å². The first-order chi connectivity index (χ1) is 8.20. The Labute approximate surface area is 99.6 Å². The van der Waals surface area contributed by atoms with E-state index >= 15 is 0 Å². The summed E-state index contributed by atoms with van der Waals surface area (Å²) in [4.78, 5) is 4.31. The van der Waals surface area contributed by atoms with E-state index in [0.29, 0.717) is 30.4 Å².